The standard InChI is InChI=1S/C8H9N3O2S2/c1-14-7-3-2-6(10)8(5(7)4-9)15(11,12)13/h2-3H,10H2,1H3,(H2,11,12,13). The summed E-state index contributed by atoms with van der Waals surface area (Å²) in [6, 6.07) is 4.82. The summed E-state index contributed by atoms with van der Waals surface area (Å²) >= 11 is 1.26. The van der Waals surface area contributed by atoms with Crippen LogP contribution in [-0.4, -0.2) is 14.7 Å². The van der Waals surface area contributed by atoms with E-state index in [4.69, 9.17) is 16.1 Å². The van der Waals surface area contributed by atoms with Crippen molar-refractivity contribution in [1.82, 2.24) is 0 Å². The van der Waals surface area contributed by atoms with E-state index in [1.54, 1.807) is 18.4 Å². The van der Waals surface area contributed by atoms with E-state index in [1.807, 2.05) is 0 Å². The topological polar surface area (TPSA) is 110 Å². The summed E-state index contributed by atoms with van der Waals surface area (Å²) in [6.07, 6.45) is 1.74. The van der Waals surface area contributed by atoms with Crippen LogP contribution in [0.3, 0.4) is 0 Å². The molecular formula is C8H9N3O2S2. The molecule has 0 fully saturated rings. The molecule has 0 amide bonds. The number of thioether (sulfide) groups is 1. The van der Waals surface area contributed by atoms with E-state index in [-0.39, 0.29) is 16.1 Å². The third-order valence-electron chi connectivity index (χ3n) is 1.77. The zero-order chi connectivity index (χ0) is 11.6. The van der Waals surface area contributed by atoms with Gasteiger partial charge in [0, 0.05) is 4.90 Å². The average molecular weight is 243 g/mol. The second-order valence-electron chi connectivity index (χ2n) is 2.72. The van der Waals surface area contributed by atoms with Gasteiger partial charge in [0.2, 0.25) is 10.0 Å². The van der Waals surface area contributed by atoms with Crippen LogP contribution in [0.5, 0.6) is 0 Å². The quantitative estimate of drug-likeness (QED) is 0.581. The Morgan fingerprint density at radius 2 is 2.07 bits per heavy atom. The highest BCUT2D eigenvalue weighted by Gasteiger charge is 2.20. The lowest BCUT2D eigenvalue weighted by molar-refractivity contribution is 0.597. The molecule has 7 heteroatoms. The van der Waals surface area contributed by atoms with Gasteiger partial charge in [-0.25, -0.2) is 13.6 Å². The molecule has 4 N–H and O–H groups in total. The number of nitrogens with zero attached hydrogens (tertiary/aromatic N) is 1. The first-order valence-electron chi connectivity index (χ1n) is 3.81. The van der Waals surface area contributed by atoms with Gasteiger partial charge < -0.3 is 5.73 Å². The van der Waals surface area contributed by atoms with Gasteiger partial charge in [-0.2, -0.15) is 5.26 Å². The Hall–Kier alpha value is -1.23. The van der Waals surface area contributed by atoms with Gasteiger partial charge in [0.05, 0.1) is 11.3 Å². The summed E-state index contributed by atoms with van der Waals surface area (Å²) in [4.78, 5) is 0.243. The number of nitrogen functional groups attached to an aromatic ring is 1. The predicted molar refractivity (Wildman–Crippen MR) is 58.7 cm³/mol. The van der Waals surface area contributed by atoms with E-state index in [1.165, 1.54) is 17.8 Å². The third kappa shape index (κ3) is 2.23. The van der Waals surface area contributed by atoms with Crippen LogP contribution in [-0.2, 0) is 10.0 Å². The molecule has 0 atom stereocenters. The highest BCUT2D eigenvalue weighted by Crippen LogP contribution is 2.29. The molecule has 15 heavy (non-hydrogen) atoms. The highest BCUT2D eigenvalue weighted by molar-refractivity contribution is 7.98. The first-order chi connectivity index (χ1) is 6.91. The van der Waals surface area contributed by atoms with Crippen molar-refractivity contribution in [3.63, 3.8) is 0 Å². The molecule has 0 aliphatic heterocycles. The van der Waals surface area contributed by atoms with Crippen molar-refractivity contribution >= 4 is 27.5 Å². The Balaban J connectivity index is 3.71. The highest BCUT2D eigenvalue weighted by atomic mass is 32.2. The van der Waals surface area contributed by atoms with Crippen molar-refractivity contribution in [3.8, 4) is 6.07 Å². The van der Waals surface area contributed by atoms with Gasteiger partial charge in [-0.3, -0.25) is 0 Å². The van der Waals surface area contributed by atoms with Crippen molar-refractivity contribution in [2.24, 2.45) is 5.14 Å². The maximum Gasteiger partial charge on any atom is 0.241 e. The number of hydrogen-bond donors (Lipinski definition) is 2. The number of benzene rings is 1. The monoisotopic (exact) mass is 243 g/mol. The van der Waals surface area contributed by atoms with Crippen LogP contribution in [0.4, 0.5) is 5.69 Å². The second kappa shape index (κ2) is 4.10. The summed E-state index contributed by atoms with van der Waals surface area (Å²) in [6.45, 7) is 0. The largest absolute Gasteiger partial charge is 0.398 e. The molecule has 0 aliphatic rings. The zero-order valence-corrected chi connectivity index (χ0v) is 9.52. The molecule has 0 spiro atoms. The van der Waals surface area contributed by atoms with Crippen LogP contribution >= 0.6 is 11.8 Å². The minimum Gasteiger partial charge on any atom is -0.398 e. The molecular weight excluding hydrogens is 234 g/mol. The number of sulfonamides is 1. The fraction of sp³-hybridized carbons (Fsp3) is 0.125. The molecule has 5 nitrogen and oxygen atoms in total. The molecule has 80 valence electrons. The van der Waals surface area contributed by atoms with Crippen LogP contribution in [0, 0.1) is 11.3 Å². The van der Waals surface area contributed by atoms with E-state index < -0.39 is 10.0 Å². The molecule has 0 unspecified atom stereocenters. The van der Waals surface area contributed by atoms with Gasteiger partial charge in [0.25, 0.3) is 0 Å². The van der Waals surface area contributed by atoms with Crippen LogP contribution in [0.1, 0.15) is 5.56 Å². The molecule has 0 aliphatic carbocycles. The van der Waals surface area contributed by atoms with Gasteiger partial charge in [0.15, 0.2) is 0 Å². The molecule has 0 saturated carbocycles. The molecule has 0 aromatic heterocycles. The predicted octanol–water partition coefficient (Wildman–Crippen LogP) is 0.510. The van der Waals surface area contributed by atoms with Gasteiger partial charge in [-0.15, -0.1) is 11.8 Å². The minimum atomic E-state index is -3.97. The summed E-state index contributed by atoms with van der Waals surface area (Å²) in [7, 11) is -3.97. The van der Waals surface area contributed by atoms with Crippen molar-refractivity contribution in [1.29, 1.82) is 5.26 Å². The Bertz CT molecular complexity index is 532. The number of nitrogens with two attached hydrogens (primary N) is 2. The van der Waals surface area contributed by atoms with E-state index in [0.717, 1.165) is 0 Å². The molecule has 0 saturated heterocycles. The summed E-state index contributed by atoms with van der Waals surface area (Å²) in [5.41, 5.74) is 5.48. The second-order valence-corrected chi connectivity index (χ2v) is 5.06. The number of rotatable bonds is 2. The van der Waals surface area contributed by atoms with Crippen LogP contribution in [0.15, 0.2) is 21.9 Å². The zero-order valence-electron chi connectivity index (χ0n) is 7.89. The summed E-state index contributed by atoms with van der Waals surface area (Å²) in [5.74, 6) is 0. The van der Waals surface area contributed by atoms with E-state index >= 15 is 0 Å². The maximum atomic E-state index is 11.2. The number of anilines is 1. The summed E-state index contributed by atoms with van der Waals surface area (Å²) in [5, 5.41) is 13.9. The SMILES string of the molecule is CSc1ccc(N)c(S(N)(=O)=O)c1C#N. The van der Waals surface area contributed by atoms with Crippen LogP contribution in [0.2, 0.25) is 0 Å². The van der Waals surface area contributed by atoms with Crippen molar-refractivity contribution in [2.75, 3.05) is 12.0 Å². The van der Waals surface area contributed by atoms with E-state index in [0.29, 0.717) is 4.90 Å². The average Bonchev–Trinajstić information content (AvgIpc) is 2.15. The lowest BCUT2D eigenvalue weighted by Crippen LogP contribution is -2.16. The lowest BCUT2D eigenvalue weighted by atomic mass is 10.2. The fourth-order valence-electron chi connectivity index (χ4n) is 1.16. The van der Waals surface area contributed by atoms with Gasteiger partial charge in [-0.1, -0.05) is 0 Å². The van der Waals surface area contributed by atoms with Crippen molar-refractivity contribution in [2.45, 2.75) is 9.79 Å². The number of nitriles is 1. The van der Waals surface area contributed by atoms with Gasteiger partial charge in [-0.05, 0) is 18.4 Å². The first kappa shape index (κ1) is 11.8. The molecule has 1 rings (SSSR count). The van der Waals surface area contributed by atoms with Gasteiger partial charge in [0.1, 0.15) is 11.0 Å². The molecule has 1 aromatic carbocycles. The van der Waals surface area contributed by atoms with Crippen LogP contribution in [0.25, 0.3) is 0 Å². The van der Waals surface area contributed by atoms with Crippen LogP contribution < -0.4 is 10.9 Å². The molecule has 0 radical (unpaired) electrons. The van der Waals surface area contributed by atoms with Gasteiger partial charge >= 0.3 is 0 Å². The molecule has 0 heterocycles. The minimum absolute atomic E-state index is 0.00463. The van der Waals surface area contributed by atoms with Crippen molar-refractivity contribution in [3.05, 3.63) is 17.7 Å². The molecule has 1 aromatic rings. The number of primary sulfonamides is 1. The first-order valence-corrected chi connectivity index (χ1v) is 6.58. The Kier molecular flexibility index (Phi) is 3.24. The number of hydrogen-bond acceptors (Lipinski definition) is 5. The Labute approximate surface area is 92.1 Å². The maximum absolute atomic E-state index is 11.2. The van der Waals surface area contributed by atoms with E-state index in [9.17, 15) is 8.42 Å². The fourth-order valence-corrected chi connectivity index (χ4v) is 2.62. The smallest absolute Gasteiger partial charge is 0.241 e. The lowest BCUT2D eigenvalue weighted by Gasteiger charge is -2.08. The Morgan fingerprint density at radius 3 is 2.47 bits per heavy atom. The normalized spacial score (nSPS) is 11.0. The van der Waals surface area contributed by atoms with Crippen molar-refractivity contribution < 1.29 is 8.42 Å². The Morgan fingerprint density at radius 1 is 1.47 bits per heavy atom. The third-order valence-corrected chi connectivity index (χ3v) is 3.56. The van der Waals surface area contributed by atoms with E-state index in [2.05, 4.69) is 0 Å². The summed E-state index contributed by atoms with van der Waals surface area (Å²) < 4.78 is 22.5. The molecule has 0 bridgehead atoms.